The molecular weight excluding hydrogens is 700 g/mol. The van der Waals surface area contributed by atoms with Crippen LogP contribution in [0.5, 0.6) is 0 Å². The zero-order valence-corrected chi connectivity index (χ0v) is 29.2. The van der Waals surface area contributed by atoms with E-state index in [9.17, 15) is 22.7 Å². The summed E-state index contributed by atoms with van der Waals surface area (Å²) in [6.45, 7) is 6.13. The van der Waals surface area contributed by atoms with Crippen LogP contribution < -0.4 is 9.31 Å². The summed E-state index contributed by atoms with van der Waals surface area (Å²) in [6.07, 6.45) is 3.91. The van der Waals surface area contributed by atoms with Gasteiger partial charge in [0.1, 0.15) is 23.3 Å². The van der Waals surface area contributed by atoms with Crippen molar-refractivity contribution >= 4 is 45.4 Å². The van der Waals surface area contributed by atoms with Crippen LogP contribution in [0, 0.1) is 17.6 Å². The number of alkyl halides is 1. The van der Waals surface area contributed by atoms with Crippen molar-refractivity contribution in [1.29, 1.82) is 0 Å². The number of benzene rings is 2. The Hall–Kier alpha value is -4.35. The van der Waals surface area contributed by atoms with Crippen LogP contribution in [0.1, 0.15) is 35.2 Å². The number of H-pyrrole nitrogens is 1. The van der Waals surface area contributed by atoms with Crippen LogP contribution in [0.4, 0.5) is 24.5 Å². The number of aromatic nitrogens is 2. The summed E-state index contributed by atoms with van der Waals surface area (Å²) >= 11 is -2.81. The number of ketones is 1. The highest BCUT2D eigenvalue weighted by molar-refractivity contribution is 7.80. The molecule has 0 bridgehead atoms. The molecule has 1 unspecified atom stereocenters. The van der Waals surface area contributed by atoms with Gasteiger partial charge in [-0.25, -0.2) is 27.4 Å². The van der Waals surface area contributed by atoms with E-state index >= 15 is 8.78 Å². The predicted octanol–water partition coefficient (Wildman–Crippen LogP) is 4.56. The van der Waals surface area contributed by atoms with Crippen molar-refractivity contribution in [2.45, 2.75) is 25.4 Å². The number of hydrogen-bond donors (Lipinski definition) is 3. The molecule has 12 nitrogen and oxygen atoms in total. The highest BCUT2D eigenvalue weighted by Gasteiger charge is 2.34. The molecule has 0 saturated carbocycles. The molecule has 5 heterocycles. The highest BCUT2D eigenvalue weighted by Crippen LogP contribution is 2.33. The number of carbonyl (C=O) groups excluding carboxylic acids is 1. The van der Waals surface area contributed by atoms with Gasteiger partial charge in [0.25, 0.3) is 11.3 Å². The van der Waals surface area contributed by atoms with E-state index in [2.05, 4.69) is 19.8 Å². The Balaban J connectivity index is 1.03. The summed E-state index contributed by atoms with van der Waals surface area (Å²) < 4.78 is 67.8. The lowest BCUT2D eigenvalue weighted by molar-refractivity contribution is -0.138. The van der Waals surface area contributed by atoms with Crippen molar-refractivity contribution < 1.29 is 36.6 Å². The van der Waals surface area contributed by atoms with Crippen LogP contribution in [0.3, 0.4) is 0 Å². The lowest BCUT2D eigenvalue weighted by Crippen LogP contribution is -2.49. The van der Waals surface area contributed by atoms with E-state index in [1.807, 2.05) is 29.2 Å². The second kappa shape index (κ2) is 15.3. The predicted molar refractivity (Wildman–Crippen MR) is 191 cm³/mol. The van der Waals surface area contributed by atoms with Crippen molar-refractivity contribution in [2.24, 2.45) is 5.92 Å². The number of halogens is 3. The number of aliphatic carboxylic acids is 1. The fourth-order valence-electron chi connectivity index (χ4n) is 7.51. The molecule has 3 N–H and O–H groups in total. The molecule has 2 atom stereocenters. The van der Waals surface area contributed by atoms with Crippen LogP contribution in [-0.4, -0.2) is 122 Å². The van der Waals surface area contributed by atoms with Crippen molar-refractivity contribution in [3.63, 3.8) is 0 Å². The monoisotopic (exact) mass is 739 g/mol. The van der Waals surface area contributed by atoms with Gasteiger partial charge in [0.2, 0.25) is 5.78 Å². The number of fused-ring (bicyclic) bond motifs is 1. The number of carboxylic acid groups (broad SMARTS) is 1. The third-order valence-corrected chi connectivity index (χ3v) is 11.0. The number of hydrazine groups is 1. The topological polar surface area (TPSA) is 137 Å². The van der Waals surface area contributed by atoms with Gasteiger partial charge in [0, 0.05) is 87.0 Å². The first kappa shape index (κ1) is 36.0. The van der Waals surface area contributed by atoms with Crippen LogP contribution >= 0.6 is 0 Å². The SMILES string of the molecule is O=C(O)CN1CCN(CC2CCN(c3ccc(-c4cnc5[nH]cc(C(=O)c6c(F)ccc(N(N7CC[C@@H](F)C7)S(=O)O)c6F)c5c4)cc3)CC2)CC1. The van der Waals surface area contributed by atoms with E-state index in [0.717, 1.165) is 87.0 Å². The summed E-state index contributed by atoms with van der Waals surface area (Å²) in [4.78, 5) is 38.9. The normalized spacial score (nSPS) is 20.1. The zero-order valence-electron chi connectivity index (χ0n) is 28.4. The van der Waals surface area contributed by atoms with E-state index in [1.54, 1.807) is 12.3 Å². The van der Waals surface area contributed by atoms with E-state index in [4.69, 9.17) is 5.11 Å². The Bertz CT molecular complexity index is 1970. The maximum absolute atomic E-state index is 15.9. The largest absolute Gasteiger partial charge is 0.480 e. The number of carbonyl (C=O) groups is 2. The Morgan fingerprint density at radius 1 is 0.942 bits per heavy atom. The molecule has 2 aromatic heterocycles. The van der Waals surface area contributed by atoms with E-state index in [0.29, 0.717) is 26.9 Å². The number of pyridine rings is 1. The fraction of sp³-hybridized carbons (Fsp3) is 0.417. The van der Waals surface area contributed by atoms with Crippen LogP contribution in [0.25, 0.3) is 22.2 Å². The van der Waals surface area contributed by atoms with Crippen LogP contribution in [0.2, 0.25) is 0 Å². The Morgan fingerprint density at radius 3 is 2.31 bits per heavy atom. The molecular formula is C36H40F3N7O5S. The molecule has 0 spiro atoms. The summed E-state index contributed by atoms with van der Waals surface area (Å²) in [5.41, 5.74) is 1.53. The molecule has 0 aliphatic carbocycles. The Labute approximate surface area is 301 Å². The number of piperazine rings is 1. The second-order valence-electron chi connectivity index (χ2n) is 13.7. The van der Waals surface area contributed by atoms with Gasteiger partial charge >= 0.3 is 5.97 Å². The van der Waals surface area contributed by atoms with Gasteiger partial charge in [0.15, 0.2) is 5.82 Å². The third-order valence-electron chi connectivity index (χ3n) is 10.3. The molecule has 276 valence electrons. The van der Waals surface area contributed by atoms with Gasteiger partial charge in [-0.05, 0) is 61.1 Å². The van der Waals surface area contributed by atoms with E-state index in [1.165, 1.54) is 6.20 Å². The average Bonchev–Trinajstić information content (AvgIpc) is 3.76. The van der Waals surface area contributed by atoms with Gasteiger partial charge < -0.3 is 19.9 Å². The molecule has 3 fully saturated rings. The first-order valence-electron chi connectivity index (χ1n) is 17.4. The van der Waals surface area contributed by atoms with Crippen LogP contribution in [-0.2, 0) is 16.1 Å². The molecule has 2 aromatic carbocycles. The number of rotatable bonds is 11. The molecule has 52 heavy (non-hydrogen) atoms. The van der Waals surface area contributed by atoms with Crippen molar-refractivity contribution in [3.05, 3.63) is 77.6 Å². The quantitative estimate of drug-likeness (QED) is 0.148. The maximum Gasteiger partial charge on any atom is 0.317 e. The minimum atomic E-state index is -2.81. The lowest BCUT2D eigenvalue weighted by Gasteiger charge is -2.39. The highest BCUT2D eigenvalue weighted by atomic mass is 32.2. The van der Waals surface area contributed by atoms with Gasteiger partial charge in [0.05, 0.1) is 18.7 Å². The Morgan fingerprint density at radius 2 is 1.65 bits per heavy atom. The fourth-order valence-corrected chi connectivity index (χ4v) is 8.16. The minimum absolute atomic E-state index is 0.0254. The summed E-state index contributed by atoms with van der Waals surface area (Å²) in [5.74, 6) is -3.64. The number of anilines is 2. The molecule has 3 saturated heterocycles. The third kappa shape index (κ3) is 7.57. The number of hydrogen-bond acceptors (Lipinski definition) is 8. The first-order chi connectivity index (χ1) is 25.0. The molecule has 16 heteroatoms. The molecule has 3 aliphatic heterocycles. The number of nitrogens with zero attached hydrogens (tertiary/aromatic N) is 6. The first-order valence-corrected chi connectivity index (χ1v) is 18.4. The standard InChI is InChI=1S/C36H40F3N7O5S/c37-26-9-12-45(21-26)46(52(50)51)31-6-5-30(38)33(34(31)39)35(49)29-19-41-36-28(29)17-25(18-40-36)24-1-3-27(4-2-24)44-10-7-23(8-11-44)20-42-13-15-43(16-14-42)22-32(47)48/h1-6,17-19,23,26H,7-16,20-22H2,(H,40,41)(H,47,48)(H,50,51)/t26-/m1/s1. The summed E-state index contributed by atoms with van der Waals surface area (Å²) in [6, 6.07) is 11.6. The summed E-state index contributed by atoms with van der Waals surface area (Å²) in [5, 5.41) is 10.6. The number of piperidine rings is 1. The average molecular weight is 740 g/mol. The Kier molecular flexibility index (Phi) is 10.6. The van der Waals surface area contributed by atoms with Crippen molar-refractivity contribution in [1.82, 2.24) is 24.8 Å². The minimum Gasteiger partial charge on any atom is -0.480 e. The zero-order chi connectivity index (χ0) is 36.5. The molecule has 3 aliphatic rings. The number of nitrogens with one attached hydrogen (secondary N) is 1. The summed E-state index contributed by atoms with van der Waals surface area (Å²) in [7, 11) is 0. The van der Waals surface area contributed by atoms with Crippen molar-refractivity contribution in [2.75, 3.05) is 74.8 Å². The smallest absolute Gasteiger partial charge is 0.317 e. The van der Waals surface area contributed by atoms with Crippen LogP contribution in [0.15, 0.2) is 54.9 Å². The molecule has 4 aromatic rings. The van der Waals surface area contributed by atoms with Gasteiger partial charge in [-0.3, -0.25) is 19.0 Å². The van der Waals surface area contributed by atoms with Gasteiger partial charge in [-0.2, -0.15) is 4.41 Å². The molecule has 7 rings (SSSR count). The number of carboxylic acids is 1. The maximum atomic E-state index is 15.9. The van der Waals surface area contributed by atoms with Crippen molar-refractivity contribution in [3.8, 4) is 11.1 Å². The molecule has 0 radical (unpaired) electrons. The lowest BCUT2D eigenvalue weighted by atomic mass is 9.95. The second-order valence-corrected chi connectivity index (χ2v) is 14.5. The molecule has 0 amide bonds. The van der Waals surface area contributed by atoms with Gasteiger partial charge in [-0.15, -0.1) is 0 Å². The van der Waals surface area contributed by atoms with E-state index in [-0.39, 0.29) is 31.6 Å². The van der Waals surface area contributed by atoms with Gasteiger partial charge in [-0.1, -0.05) is 12.1 Å². The number of aromatic amines is 1. The van der Waals surface area contributed by atoms with E-state index < -0.39 is 52.1 Å².